The van der Waals surface area contributed by atoms with Gasteiger partial charge in [-0.25, -0.2) is 0 Å². The van der Waals surface area contributed by atoms with Gasteiger partial charge in [-0.3, -0.25) is 4.79 Å². The summed E-state index contributed by atoms with van der Waals surface area (Å²) < 4.78 is 0. The minimum atomic E-state index is 0.115. The Balaban J connectivity index is 1.79. The number of anilines is 1. The molecule has 1 N–H and O–H groups in total. The Morgan fingerprint density at radius 3 is 2.50 bits per heavy atom. The minimum absolute atomic E-state index is 0.115. The molecule has 20 heavy (non-hydrogen) atoms. The van der Waals surface area contributed by atoms with Crippen LogP contribution in [0, 0.1) is 11.8 Å². The van der Waals surface area contributed by atoms with E-state index in [0.29, 0.717) is 17.9 Å². The zero-order chi connectivity index (χ0) is 14.3. The number of amides is 1. The van der Waals surface area contributed by atoms with Gasteiger partial charge in [0.05, 0.1) is 0 Å². The summed E-state index contributed by atoms with van der Waals surface area (Å²) in [7, 11) is 4.14. The maximum absolute atomic E-state index is 11.3. The first-order chi connectivity index (χ1) is 9.56. The van der Waals surface area contributed by atoms with E-state index < -0.39 is 0 Å². The van der Waals surface area contributed by atoms with E-state index in [1.165, 1.54) is 24.1 Å². The molecule has 2 saturated carbocycles. The van der Waals surface area contributed by atoms with E-state index in [2.05, 4.69) is 48.6 Å². The molecule has 1 amide bonds. The number of carbonyl (C=O) groups is 1. The molecule has 2 bridgehead atoms. The summed E-state index contributed by atoms with van der Waals surface area (Å²) in [6.45, 7) is 1.63. The van der Waals surface area contributed by atoms with Gasteiger partial charge in [0.2, 0.25) is 5.91 Å². The van der Waals surface area contributed by atoms with Gasteiger partial charge in [0.15, 0.2) is 0 Å². The average molecular weight is 272 g/mol. The first kappa shape index (κ1) is 13.5. The molecule has 3 heteroatoms. The summed E-state index contributed by atoms with van der Waals surface area (Å²) in [4.78, 5) is 13.5. The van der Waals surface area contributed by atoms with Crippen LogP contribution in [0.3, 0.4) is 0 Å². The molecule has 3 rings (SSSR count). The van der Waals surface area contributed by atoms with Crippen LogP contribution in [0.2, 0.25) is 0 Å². The third kappa shape index (κ3) is 2.30. The van der Waals surface area contributed by atoms with Gasteiger partial charge >= 0.3 is 0 Å². The van der Waals surface area contributed by atoms with Crippen molar-refractivity contribution in [2.24, 2.45) is 11.8 Å². The van der Waals surface area contributed by atoms with Crippen LogP contribution < -0.4 is 10.2 Å². The third-order valence-electron chi connectivity index (χ3n) is 5.10. The zero-order valence-corrected chi connectivity index (χ0v) is 12.6. The Labute approximate surface area is 121 Å². The van der Waals surface area contributed by atoms with Crippen molar-refractivity contribution >= 4 is 11.6 Å². The molecule has 2 fully saturated rings. The van der Waals surface area contributed by atoms with E-state index in [1.807, 2.05) is 0 Å². The molecular weight excluding hydrogens is 248 g/mol. The number of benzene rings is 1. The lowest BCUT2D eigenvalue weighted by molar-refractivity contribution is -0.120. The van der Waals surface area contributed by atoms with Crippen LogP contribution >= 0.6 is 0 Å². The molecule has 1 aromatic rings. The molecule has 2 aliphatic carbocycles. The highest BCUT2D eigenvalue weighted by Gasteiger charge is 2.48. The van der Waals surface area contributed by atoms with Crippen LogP contribution in [0.1, 0.15) is 37.7 Å². The summed E-state index contributed by atoms with van der Waals surface area (Å²) in [6, 6.07) is 9.37. The number of rotatable bonds is 3. The van der Waals surface area contributed by atoms with Crippen LogP contribution in [0.4, 0.5) is 5.69 Å². The normalized spacial score (nSPS) is 31.4. The Bertz CT molecular complexity index is 494. The van der Waals surface area contributed by atoms with E-state index in [4.69, 9.17) is 0 Å². The molecule has 0 spiro atoms. The average Bonchev–Trinajstić information content (AvgIpc) is 2.95. The molecule has 0 radical (unpaired) electrons. The lowest BCUT2D eigenvalue weighted by atomic mass is 9.88. The summed E-state index contributed by atoms with van der Waals surface area (Å²) in [5, 5.41) is 3.16. The Morgan fingerprint density at radius 2 is 1.90 bits per heavy atom. The number of nitrogens with one attached hydrogen (secondary N) is 1. The van der Waals surface area contributed by atoms with Crippen molar-refractivity contribution in [1.29, 1.82) is 0 Å². The molecule has 0 unspecified atom stereocenters. The van der Waals surface area contributed by atoms with Crippen molar-refractivity contribution in [1.82, 2.24) is 5.32 Å². The van der Waals surface area contributed by atoms with E-state index in [1.54, 1.807) is 6.92 Å². The molecule has 4 atom stereocenters. The quantitative estimate of drug-likeness (QED) is 0.917. The van der Waals surface area contributed by atoms with Gasteiger partial charge in [-0.2, -0.15) is 0 Å². The lowest BCUT2D eigenvalue weighted by Gasteiger charge is -2.23. The second-order valence-electron chi connectivity index (χ2n) is 6.56. The number of fused-ring (bicyclic) bond motifs is 2. The molecule has 2 aliphatic rings. The highest BCUT2D eigenvalue weighted by molar-refractivity contribution is 5.73. The highest BCUT2D eigenvalue weighted by Crippen LogP contribution is 2.54. The van der Waals surface area contributed by atoms with Gasteiger partial charge in [-0.05, 0) is 54.7 Å². The van der Waals surface area contributed by atoms with Gasteiger partial charge in [0, 0.05) is 32.7 Å². The molecule has 0 aliphatic heterocycles. The van der Waals surface area contributed by atoms with Gasteiger partial charge in [-0.15, -0.1) is 0 Å². The molecule has 0 aromatic heterocycles. The largest absolute Gasteiger partial charge is 0.378 e. The third-order valence-corrected chi connectivity index (χ3v) is 5.10. The summed E-state index contributed by atoms with van der Waals surface area (Å²) in [5.74, 6) is 2.14. The Kier molecular flexibility index (Phi) is 3.45. The van der Waals surface area contributed by atoms with E-state index >= 15 is 0 Å². The predicted octanol–water partition coefficient (Wildman–Crippen LogP) is 2.77. The zero-order valence-electron chi connectivity index (χ0n) is 12.6. The van der Waals surface area contributed by atoms with Crippen LogP contribution in [0.15, 0.2) is 24.3 Å². The van der Waals surface area contributed by atoms with Gasteiger partial charge in [0.1, 0.15) is 0 Å². The number of hydrogen-bond donors (Lipinski definition) is 1. The smallest absolute Gasteiger partial charge is 0.217 e. The molecule has 108 valence electrons. The van der Waals surface area contributed by atoms with Crippen LogP contribution in [0.5, 0.6) is 0 Å². The van der Waals surface area contributed by atoms with Gasteiger partial charge in [-0.1, -0.05) is 12.1 Å². The minimum Gasteiger partial charge on any atom is -0.378 e. The maximum atomic E-state index is 11.3. The monoisotopic (exact) mass is 272 g/mol. The lowest BCUT2D eigenvalue weighted by Crippen LogP contribution is -2.37. The van der Waals surface area contributed by atoms with Crippen molar-refractivity contribution < 1.29 is 4.79 Å². The van der Waals surface area contributed by atoms with E-state index in [0.717, 1.165) is 12.3 Å². The highest BCUT2D eigenvalue weighted by atomic mass is 16.1. The summed E-state index contributed by atoms with van der Waals surface area (Å²) in [6.07, 6.45) is 3.74. The standard InChI is InChI=1S/C17H24N2O/c1-11(20)18-16-10-13-6-9-15(16)17(13)12-4-7-14(8-5-12)19(2)3/h4-5,7-8,13,15-17H,6,9-10H2,1-3H3,(H,18,20)/t13-,15+,16-,17+/m1/s1. The summed E-state index contributed by atoms with van der Waals surface area (Å²) >= 11 is 0. The van der Waals surface area contributed by atoms with Crippen LogP contribution in [-0.4, -0.2) is 26.0 Å². The Hall–Kier alpha value is -1.51. The first-order valence-electron chi connectivity index (χ1n) is 7.60. The first-order valence-corrected chi connectivity index (χ1v) is 7.60. The Morgan fingerprint density at radius 1 is 1.20 bits per heavy atom. The second-order valence-corrected chi connectivity index (χ2v) is 6.56. The molecule has 0 saturated heterocycles. The molecule has 1 aromatic carbocycles. The fourth-order valence-electron chi connectivity index (χ4n) is 4.27. The molecular formula is C17H24N2O. The van der Waals surface area contributed by atoms with Crippen molar-refractivity contribution in [2.75, 3.05) is 19.0 Å². The summed E-state index contributed by atoms with van der Waals surface area (Å²) in [5.41, 5.74) is 2.70. The fraction of sp³-hybridized carbons (Fsp3) is 0.588. The second kappa shape index (κ2) is 5.12. The van der Waals surface area contributed by atoms with E-state index in [9.17, 15) is 4.79 Å². The number of carbonyl (C=O) groups excluding carboxylic acids is 1. The predicted molar refractivity (Wildman–Crippen MR) is 81.9 cm³/mol. The topological polar surface area (TPSA) is 32.3 Å². The number of nitrogens with zero attached hydrogens (tertiary/aromatic N) is 1. The van der Waals surface area contributed by atoms with Gasteiger partial charge < -0.3 is 10.2 Å². The molecule has 3 nitrogen and oxygen atoms in total. The number of hydrogen-bond acceptors (Lipinski definition) is 2. The molecule has 0 heterocycles. The maximum Gasteiger partial charge on any atom is 0.217 e. The van der Waals surface area contributed by atoms with Crippen molar-refractivity contribution in [3.8, 4) is 0 Å². The van der Waals surface area contributed by atoms with Crippen LogP contribution in [-0.2, 0) is 4.79 Å². The van der Waals surface area contributed by atoms with Crippen LogP contribution in [0.25, 0.3) is 0 Å². The fourth-order valence-corrected chi connectivity index (χ4v) is 4.27. The van der Waals surface area contributed by atoms with E-state index in [-0.39, 0.29) is 5.91 Å². The SMILES string of the molecule is CC(=O)N[C@@H]1C[C@H]2CC[C@@H]1[C@H]2c1ccc(N(C)C)cc1. The van der Waals surface area contributed by atoms with Gasteiger partial charge in [0.25, 0.3) is 0 Å². The van der Waals surface area contributed by atoms with Crippen molar-refractivity contribution in [2.45, 2.75) is 38.1 Å². The van der Waals surface area contributed by atoms with Crippen molar-refractivity contribution in [3.63, 3.8) is 0 Å². The van der Waals surface area contributed by atoms with Crippen molar-refractivity contribution in [3.05, 3.63) is 29.8 Å².